The van der Waals surface area contributed by atoms with Crippen LogP contribution < -0.4 is 0 Å². The fourth-order valence-corrected chi connectivity index (χ4v) is 1.98. The molecule has 0 fully saturated rings. The fraction of sp³-hybridized carbons (Fsp3) is 0.706. The topological polar surface area (TPSA) is 49.8 Å². The summed E-state index contributed by atoms with van der Waals surface area (Å²) in [6, 6.07) is -0.602. The maximum atomic E-state index is 12.0. The number of hydrogen-bond acceptors (Lipinski definition) is 4. The van der Waals surface area contributed by atoms with Gasteiger partial charge < -0.3 is 9.84 Å². The minimum Gasteiger partial charge on any atom is -0.460 e. The standard InChI is InChI=1S/C17H31NO3/c1-7-15(19)16(18(5)6)17(20)21-12-11-14(4)10-8-9-13(2)3/h9,11,15-16,19H,7-8,10,12H2,1-6H3. The molecule has 122 valence electrons. The number of carbonyl (C=O) groups is 1. The van der Waals surface area contributed by atoms with Gasteiger partial charge in [-0.1, -0.05) is 24.1 Å². The Kier molecular flexibility index (Phi) is 10.0. The summed E-state index contributed by atoms with van der Waals surface area (Å²) in [5, 5.41) is 9.87. The SMILES string of the molecule is CCC(O)C(C(=O)OCC=C(C)CCC=C(C)C)N(C)C. The maximum absolute atomic E-state index is 12.0. The lowest BCUT2D eigenvalue weighted by molar-refractivity contribution is -0.152. The zero-order chi connectivity index (χ0) is 16.4. The number of allylic oxidation sites excluding steroid dienone is 3. The van der Waals surface area contributed by atoms with Crippen LogP contribution in [0.25, 0.3) is 0 Å². The molecular formula is C17H31NO3. The summed E-state index contributed by atoms with van der Waals surface area (Å²) in [7, 11) is 3.54. The second-order valence-electron chi connectivity index (χ2n) is 5.88. The molecule has 0 aromatic heterocycles. The molecule has 0 bridgehead atoms. The van der Waals surface area contributed by atoms with Crippen molar-refractivity contribution in [2.24, 2.45) is 0 Å². The highest BCUT2D eigenvalue weighted by Crippen LogP contribution is 2.09. The van der Waals surface area contributed by atoms with E-state index in [2.05, 4.69) is 19.9 Å². The number of aliphatic hydroxyl groups excluding tert-OH is 1. The van der Waals surface area contributed by atoms with Crippen molar-refractivity contribution in [3.05, 3.63) is 23.3 Å². The molecule has 0 rings (SSSR count). The van der Waals surface area contributed by atoms with Gasteiger partial charge in [-0.05, 0) is 60.2 Å². The van der Waals surface area contributed by atoms with Gasteiger partial charge >= 0.3 is 5.97 Å². The van der Waals surface area contributed by atoms with Gasteiger partial charge in [-0.2, -0.15) is 0 Å². The average Bonchev–Trinajstić information content (AvgIpc) is 2.37. The van der Waals surface area contributed by atoms with Crippen molar-refractivity contribution in [1.82, 2.24) is 4.90 Å². The van der Waals surface area contributed by atoms with E-state index in [0.29, 0.717) is 6.42 Å². The Hall–Kier alpha value is -1.13. The normalized spacial score (nSPS) is 14.8. The van der Waals surface area contributed by atoms with Gasteiger partial charge in [0, 0.05) is 0 Å². The molecule has 0 spiro atoms. The molecule has 2 unspecified atom stereocenters. The van der Waals surface area contributed by atoms with Crippen LogP contribution in [0, 0.1) is 0 Å². The van der Waals surface area contributed by atoms with Crippen molar-refractivity contribution in [3.8, 4) is 0 Å². The van der Waals surface area contributed by atoms with Crippen molar-refractivity contribution in [2.45, 2.75) is 59.1 Å². The second kappa shape index (κ2) is 10.6. The van der Waals surface area contributed by atoms with Crippen molar-refractivity contribution < 1.29 is 14.6 Å². The highest BCUT2D eigenvalue weighted by atomic mass is 16.5. The van der Waals surface area contributed by atoms with Crippen LogP contribution in [0.2, 0.25) is 0 Å². The number of ether oxygens (including phenoxy) is 1. The van der Waals surface area contributed by atoms with Gasteiger partial charge in [0.15, 0.2) is 0 Å². The lowest BCUT2D eigenvalue weighted by Gasteiger charge is -2.26. The molecule has 0 aromatic rings. The monoisotopic (exact) mass is 297 g/mol. The molecular weight excluding hydrogens is 266 g/mol. The van der Waals surface area contributed by atoms with Crippen LogP contribution in [0.4, 0.5) is 0 Å². The van der Waals surface area contributed by atoms with E-state index in [9.17, 15) is 9.90 Å². The summed E-state index contributed by atoms with van der Waals surface area (Å²) in [5.41, 5.74) is 2.52. The molecule has 0 amide bonds. The predicted octanol–water partition coefficient (Wildman–Crippen LogP) is 2.92. The quantitative estimate of drug-likeness (QED) is 0.525. The molecule has 4 nitrogen and oxygen atoms in total. The van der Waals surface area contributed by atoms with E-state index < -0.39 is 12.1 Å². The first-order valence-electron chi connectivity index (χ1n) is 7.59. The first kappa shape index (κ1) is 19.9. The van der Waals surface area contributed by atoms with E-state index >= 15 is 0 Å². The Balaban J connectivity index is 4.30. The number of rotatable bonds is 9. The predicted molar refractivity (Wildman–Crippen MR) is 87.2 cm³/mol. The van der Waals surface area contributed by atoms with Crippen molar-refractivity contribution in [2.75, 3.05) is 20.7 Å². The Labute approximate surface area is 129 Å². The van der Waals surface area contributed by atoms with Crippen LogP contribution >= 0.6 is 0 Å². The van der Waals surface area contributed by atoms with Gasteiger partial charge in [0.25, 0.3) is 0 Å². The summed E-state index contributed by atoms with van der Waals surface area (Å²) in [5.74, 6) is -0.373. The van der Waals surface area contributed by atoms with E-state index in [-0.39, 0.29) is 12.6 Å². The van der Waals surface area contributed by atoms with E-state index in [0.717, 1.165) is 12.8 Å². The molecule has 0 heterocycles. The third-order valence-corrected chi connectivity index (χ3v) is 3.33. The number of hydrogen-bond donors (Lipinski definition) is 1. The molecule has 0 aliphatic heterocycles. The average molecular weight is 297 g/mol. The van der Waals surface area contributed by atoms with Gasteiger partial charge in [-0.15, -0.1) is 0 Å². The Morgan fingerprint density at radius 2 is 1.86 bits per heavy atom. The van der Waals surface area contributed by atoms with E-state index in [1.807, 2.05) is 19.9 Å². The smallest absolute Gasteiger partial charge is 0.326 e. The Bertz CT molecular complexity index is 368. The highest BCUT2D eigenvalue weighted by Gasteiger charge is 2.28. The first-order chi connectivity index (χ1) is 9.79. The van der Waals surface area contributed by atoms with E-state index in [1.54, 1.807) is 19.0 Å². The van der Waals surface area contributed by atoms with Crippen LogP contribution in [0.5, 0.6) is 0 Å². The largest absolute Gasteiger partial charge is 0.460 e. The number of esters is 1. The number of likely N-dealkylation sites (N-methyl/N-ethyl adjacent to an activating group) is 1. The van der Waals surface area contributed by atoms with Gasteiger partial charge in [0.2, 0.25) is 0 Å². The molecule has 2 atom stereocenters. The van der Waals surface area contributed by atoms with E-state index in [1.165, 1.54) is 11.1 Å². The minimum atomic E-state index is -0.699. The van der Waals surface area contributed by atoms with Crippen LogP contribution in [0.3, 0.4) is 0 Å². The van der Waals surface area contributed by atoms with Crippen LogP contribution in [-0.4, -0.2) is 48.8 Å². The maximum Gasteiger partial charge on any atom is 0.326 e. The third kappa shape index (κ3) is 8.68. The molecule has 0 aliphatic rings. The Morgan fingerprint density at radius 1 is 1.24 bits per heavy atom. The third-order valence-electron chi connectivity index (χ3n) is 3.33. The second-order valence-corrected chi connectivity index (χ2v) is 5.88. The van der Waals surface area contributed by atoms with E-state index in [4.69, 9.17) is 4.74 Å². The molecule has 0 radical (unpaired) electrons. The molecule has 0 saturated carbocycles. The summed E-state index contributed by atoms with van der Waals surface area (Å²) in [6.07, 6.45) is 5.93. The Morgan fingerprint density at radius 3 is 2.33 bits per heavy atom. The van der Waals surface area contributed by atoms with Gasteiger partial charge in [0.05, 0.1) is 6.10 Å². The van der Waals surface area contributed by atoms with Crippen molar-refractivity contribution in [3.63, 3.8) is 0 Å². The van der Waals surface area contributed by atoms with Crippen LogP contribution in [-0.2, 0) is 9.53 Å². The zero-order valence-electron chi connectivity index (χ0n) is 14.3. The fourth-order valence-electron chi connectivity index (χ4n) is 1.98. The van der Waals surface area contributed by atoms with Crippen molar-refractivity contribution in [1.29, 1.82) is 0 Å². The van der Waals surface area contributed by atoms with Gasteiger partial charge in [-0.25, -0.2) is 0 Å². The first-order valence-corrected chi connectivity index (χ1v) is 7.59. The lowest BCUT2D eigenvalue weighted by atomic mass is 10.1. The van der Waals surface area contributed by atoms with Gasteiger partial charge in [0.1, 0.15) is 12.6 Å². The van der Waals surface area contributed by atoms with Crippen LogP contribution in [0.15, 0.2) is 23.3 Å². The molecule has 4 heteroatoms. The number of aliphatic hydroxyl groups is 1. The van der Waals surface area contributed by atoms with Crippen LogP contribution in [0.1, 0.15) is 47.0 Å². The molecule has 1 N–H and O–H groups in total. The lowest BCUT2D eigenvalue weighted by Crippen LogP contribution is -2.46. The summed E-state index contributed by atoms with van der Waals surface area (Å²) in [4.78, 5) is 13.7. The summed E-state index contributed by atoms with van der Waals surface area (Å²) < 4.78 is 5.25. The molecule has 21 heavy (non-hydrogen) atoms. The molecule has 0 aliphatic carbocycles. The summed E-state index contributed by atoms with van der Waals surface area (Å²) >= 11 is 0. The van der Waals surface area contributed by atoms with Crippen molar-refractivity contribution >= 4 is 5.97 Å². The van der Waals surface area contributed by atoms with Gasteiger partial charge in [-0.3, -0.25) is 9.69 Å². The number of carbonyl (C=O) groups excluding carboxylic acids is 1. The number of nitrogens with zero attached hydrogens (tertiary/aromatic N) is 1. The summed E-state index contributed by atoms with van der Waals surface area (Å²) in [6.45, 7) is 8.32. The zero-order valence-corrected chi connectivity index (χ0v) is 14.3. The minimum absolute atomic E-state index is 0.264. The highest BCUT2D eigenvalue weighted by molar-refractivity contribution is 5.76. The molecule has 0 saturated heterocycles. The molecule has 0 aromatic carbocycles.